The fourth-order valence-electron chi connectivity index (χ4n) is 3.65. The van der Waals surface area contributed by atoms with Crippen LogP contribution in [-0.2, 0) is 14.3 Å². The minimum Gasteiger partial charge on any atom is -0.466 e. The fraction of sp³-hybridized carbons (Fsp3) is 0.381. The van der Waals surface area contributed by atoms with E-state index in [-0.39, 0.29) is 23.7 Å². The highest BCUT2D eigenvalue weighted by atomic mass is 32.2. The van der Waals surface area contributed by atoms with E-state index in [0.29, 0.717) is 17.1 Å². The Kier molecular flexibility index (Phi) is 5.93. The van der Waals surface area contributed by atoms with Crippen molar-refractivity contribution in [3.63, 3.8) is 0 Å². The second kappa shape index (κ2) is 8.22. The Morgan fingerprint density at radius 3 is 2.46 bits per heavy atom. The zero-order chi connectivity index (χ0) is 20.4. The number of nitrogens with zero attached hydrogens (tertiary/aromatic N) is 1. The monoisotopic (exact) mass is 401 g/mol. The second-order valence-corrected chi connectivity index (χ2v) is 8.06. The van der Waals surface area contributed by atoms with Gasteiger partial charge in [0, 0.05) is 18.2 Å². The summed E-state index contributed by atoms with van der Waals surface area (Å²) in [5, 5.41) is -0.373. The van der Waals surface area contributed by atoms with E-state index in [0.717, 1.165) is 16.7 Å². The molecule has 0 bridgehead atoms. The van der Waals surface area contributed by atoms with Gasteiger partial charge < -0.3 is 14.1 Å². The summed E-state index contributed by atoms with van der Waals surface area (Å²) < 4.78 is 10.7. The van der Waals surface area contributed by atoms with Crippen LogP contribution in [0.25, 0.3) is 0 Å². The van der Waals surface area contributed by atoms with Crippen molar-refractivity contribution in [3.05, 3.63) is 58.5 Å². The van der Waals surface area contributed by atoms with Gasteiger partial charge in [-0.25, -0.2) is 4.79 Å². The predicted octanol–water partition coefficient (Wildman–Crippen LogP) is 3.59. The largest absolute Gasteiger partial charge is 0.466 e. The maximum absolute atomic E-state index is 12.6. The molecule has 1 aliphatic heterocycles. The van der Waals surface area contributed by atoms with Crippen LogP contribution in [-0.4, -0.2) is 41.0 Å². The summed E-state index contributed by atoms with van der Waals surface area (Å²) in [6.45, 7) is 6.77. The Hall–Kier alpha value is -2.54. The number of hydrogen-bond donors (Lipinski definition) is 0. The van der Waals surface area contributed by atoms with E-state index >= 15 is 0 Å². The number of benzene rings is 1. The van der Waals surface area contributed by atoms with Gasteiger partial charge in [-0.3, -0.25) is 9.59 Å². The number of Topliss-reactive ketones (excluding diaryl/α,β-unsaturated/α-hetero) is 1. The lowest BCUT2D eigenvalue weighted by Crippen LogP contribution is -2.43. The first-order chi connectivity index (χ1) is 13.3. The zero-order valence-electron chi connectivity index (χ0n) is 16.4. The molecule has 148 valence electrons. The summed E-state index contributed by atoms with van der Waals surface area (Å²) in [6, 6.07) is 6.63. The summed E-state index contributed by atoms with van der Waals surface area (Å²) in [6.07, 6.45) is 1.53. The van der Waals surface area contributed by atoms with Crippen LogP contribution < -0.4 is 0 Å². The smallest absolute Gasteiger partial charge is 0.330 e. The van der Waals surface area contributed by atoms with E-state index < -0.39 is 12.0 Å². The summed E-state index contributed by atoms with van der Waals surface area (Å²) in [5.41, 5.74) is 3.38. The molecule has 0 saturated carbocycles. The minimum atomic E-state index is -0.745. The van der Waals surface area contributed by atoms with Gasteiger partial charge in [0.05, 0.1) is 6.26 Å². The summed E-state index contributed by atoms with van der Waals surface area (Å²) >= 11 is 1.44. The highest BCUT2D eigenvalue weighted by Gasteiger charge is 2.43. The number of furan rings is 1. The van der Waals surface area contributed by atoms with Crippen LogP contribution in [0.15, 0.2) is 34.9 Å². The number of aryl methyl sites for hydroxylation is 3. The number of carbonyl (C=O) groups excluding carboxylic acids is 3. The first-order valence-electron chi connectivity index (χ1n) is 9.01. The molecule has 1 aliphatic rings. The predicted molar refractivity (Wildman–Crippen MR) is 106 cm³/mol. The first kappa shape index (κ1) is 20.2. The quantitative estimate of drug-likeness (QED) is 0.563. The highest BCUT2D eigenvalue weighted by Crippen LogP contribution is 2.41. The third kappa shape index (κ3) is 3.99. The Morgan fingerprint density at radius 2 is 1.89 bits per heavy atom. The fourth-order valence-corrected chi connectivity index (χ4v) is 5.06. The van der Waals surface area contributed by atoms with Crippen molar-refractivity contribution in [2.75, 3.05) is 12.4 Å². The van der Waals surface area contributed by atoms with Crippen LogP contribution in [0, 0.1) is 20.8 Å². The standard InChI is InChI=1S/C21H23NO5S/c1-12-8-13(2)19(14(3)9-12)17(24)10-27-21(25)16-11-28-20(22(16)15(4)23)18-6-5-7-26-18/h5-9,16,20H,10-11H2,1-4H3/t16-,20-/m0/s1. The molecule has 2 atom stereocenters. The molecule has 1 aromatic carbocycles. The molecular weight excluding hydrogens is 378 g/mol. The van der Waals surface area contributed by atoms with Gasteiger partial charge in [0.2, 0.25) is 11.7 Å². The van der Waals surface area contributed by atoms with E-state index in [1.54, 1.807) is 12.1 Å². The number of ketones is 1. The van der Waals surface area contributed by atoms with Gasteiger partial charge >= 0.3 is 5.97 Å². The molecule has 2 aromatic rings. The molecule has 0 radical (unpaired) electrons. The van der Waals surface area contributed by atoms with Crippen LogP contribution >= 0.6 is 11.8 Å². The maximum Gasteiger partial charge on any atom is 0.330 e. The van der Waals surface area contributed by atoms with Crippen molar-refractivity contribution in [1.82, 2.24) is 4.90 Å². The first-order valence-corrected chi connectivity index (χ1v) is 10.1. The molecule has 2 heterocycles. The van der Waals surface area contributed by atoms with Crippen molar-refractivity contribution in [2.45, 2.75) is 39.1 Å². The molecule has 0 spiro atoms. The number of hydrogen-bond acceptors (Lipinski definition) is 6. The maximum atomic E-state index is 12.6. The SMILES string of the molecule is CC(=O)N1[C@H](C(=O)OCC(=O)c2c(C)cc(C)cc2C)CS[C@H]1c1ccco1. The lowest BCUT2D eigenvalue weighted by Gasteiger charge is -2.25. The van der Waals surface area contributed by atoms with Crippen molar-refractivity contribution < 1.29 is 23.5 Å². The molecule has 1 fully saturated rings. The van der Waals surface area contributed by atoms with Crippen LogP contribution in [0.1, 0.15) is 45.1 Å². The molecule has 0 unspecified atom stereocenters. The molecule has 0 N–H and O–H groups in total. The van der Waals surface area contributed by atoms with Gasteiger partial charge in [-0.2, -0.15) is 0 Å². The normalized spacial score (nSPS) is 18.9. The van der Waals surface area contributed by atoms with E-state index in [4.69, 9.17) is 9.15 Å². The second-order valence-electron chi connectivity index (χ2n) is 6.95. The van der Waals surface area contributed by atoms with Crippen molar-refractivity contribution in [2.24, 2.45) is 0 Å². The topological polar surface area (TPSA) is 76.8 Å². The molecular formula is C21H23NO5S. The number of carbonyl (C=O) groups is 3. The van der Waals surface area contributed by atoms with E-state index in [2.05, 4.69) is 0 Å². The van der Waals surface area contributed by atoms with E-state index in [1.165, 1.54) is 29.8 Å². The van der Waals surface area contributed by atoms with Gasteiger partial charge in [0.25, 0.3) is 0 Å². The van der Waals surface area contributed by atoms with Gasteiger partial charge in [0.15, 0.2) is 6.61 Å². The lowest BCUT2D eigenvalue weighted by molar-refractivity contribution is -0.152. The highest BCUT2D eigenvalue weighted by molar-refractivity contribution is 7.99. The molecule has 1 aromatic heterocycles. The van der Waals surface area contributed by atoms with Crippen LogP contribution in [0.3, 0.4) is 0 Å². The van der Waals surface area contributed by atoms with Gasteiger partial charge in [0.1, 0.15) is 17.2 Å². The van der Waals surface area contributed by atoms with Crippen molar-refractivity contribution in [3.8, 4) is 0 Å². The van der Waals surface area contributed by atoms with Crippen molar-refractivity contribution in [1.29, 1.82) is 0 Å². The Morgan fingerprint density at radius 1 is 1.21 bits per heavy atom. The number of rotatable bonds is 5. The van der Waals surface area contributed by atoms with Crippen LogP contribution in [0.4, 0.5) is 0 Å². The average Bonchev–Trinajstić information content (AvgIpc) is 3.27. The van der Waals surface area contributed by atoms with Gasteiger partial charge in [-0.15, -0.1) is 11.8 Å². The van der Waals surface area contributed by atoms with Crippen molar-refractivity contribution >= 4 is 29.4 Å². The van der Waals surface area contributed by atoms with Crippen LogP contribution in [0.5, 0.6) is 0 Å². The number of ether oxygens (including phenoxy) is 1. The lowest BCUT2D eigenvalue weighted by atomic mass is 9.97. The van der Waals surface area contributed by atoms with E-state index in [1.807, 2.05) is 32.9 Å². The molecule has 1 saturated heterocycles. The third-order valence-electron chi connectivity index (χ3n) is 4.72. The third-order valence-corrected chi connectivity index (χ3v) is 6.01. The number of thioether (sulfide) groups is 1. The molecule has 28 heavy (non-hydrogen) atoms. The average molecular weight is 401 g/mol. The zero-order valence-corrected chi connectivity index (χ0v) is 17.2. The summed E-state index contributed by atoms with van der Waals surface area (Å²) in [5.74, 6) is -0.0681. The van der Waals surface area contributed by atoms with Gasteiger partial charge in [-0.1, -0.05) is 17.7 Å². The van der Waals surface area contributed by atoms with Gasteiger partial charge in [-0.05, 0) is 44.0 Å². The molecule has 1 amide bonds. The molecule has 3 rings (SSSR count). The Bertz CT molecular complexity index is 883. The Balaban J connectivity index is 1.69. The summed E-state index contributed by atoms with van der Waals surface area (Å²) in [7, 11) is 0. The number of amides is 1. The molecule has 7 heteroatoms. The minimum absolute atomic E-state index is 0.244. The van der Waals surface area contributed by atoms with E-state index in [9.17, 15) is 14.4 Å². The number of esters is 1. The molecule has 6 nitrogen and oxygen atoms in total. The summed E-state index contributed by atoms with van der Waals surface area (Å²) in [4.78, 5) is 38.8. The molecule has 0 aliphatic carbocycles. The Labute approximate surface area is 168 Å². The van der Waals surface area contributed by atoms with Crippen LogP contribution in [0.2, 0.25) is 0 Å².